The van der Waals surface area contributed by atoms with Crippen LogP contribution >= 0.6 is 11.3 Å². The molecule has 1 aromatic rings. The summed E-state index contributed by atoms with van der Waals surface area (Å²) in [5.74, 6) is 0.218. The fourth-order valence-corrected chi connectivity index (χ4v) is 3.07. The Morgan fingerprint density at radius 3 is 2.72 bits per heavy atom. The van der Waals surface area contributed by atoms with Gasteiger partial charge in [-0.1, -0.05) is 20.8 Å². The Bertz CT molecular complexity index is 433. The molecule has 18 heavy (non-hydrogen) atoms. The highest BCUT2D eigenvalue weighted by molar-refractivity contribution is 7.12. The van der Waals surface area contributed by atoms with E-state index in [2.05, 4.69) is 45.1 Å². The van der Waals surface area contributed by atoms with Gasteiger partial charge in [0, 0.05) is 16.3 Å². The van der Waals surface area contributed by atoms with Crippen molar-refractivity contribution in [2.75, 3.05) is 13.1 Å². The summed E-state index contributed by atoms with van der Waals surface area (Å²) in [6.07, 6.45) is 1.11. The minimum Gasteiger partial charge on any atom is -0.321 e. The minimum atomic E-state index is 0.0820. The van der Waals surface area contributed by atoms with Crippen molar-refractivity contribution in [3.05, 3.63) is 21.9 Å². The van der Waals surface area contributed by atoms with Crippen LogP contribution in [0.3, 0.4) is 0 Å². The number of carbonyl (C=O) groups excluding carboxylic acids is 1. The first-order valence-electron chi connectivity index (χ1n) is 6.46. The number of carbonyl (C=O) groups is 1. The monoisotopic (exact) mass is 266 g/mol. The maximum absolute atomic E-state index is 11.9. The molecule has 1 aliphatic rings. The maximum Gasteiger partial charge on any atom is 0.238 e. The molecule has 100 valence electrons. The molecule has 0 spiro atoms. The van der Waals surface area contributed by atoms with Gasteiger partial charge in [-0.15, -0.1) is 11.3 Å². The van der Waals surface area contributed by atoms with Crippen LogP contribution in [0.4, 0.5) is 0 Å². The van der Waals surface area contributed by atoms with Crippen molar-refractivity contribution >= 4 is 17.2 Å². The van der Waals surface area contributed by atoms with Crippen LogP contribution in [0, 0.1) is 12.3 Å². The molecule has 1 N–H and O–H groups in total. The molecule has 1 atom stereocenters. The molecule has 1 fully saturated rings. The molecule has 3 nitrogen and oxygen atoms in total. The summed E-state index contributed by atoms with van der Waals surface area (Å²) < 4.78 is 0. The first kappa shape index (κ1) is 13.6. The van der Waals surface area contributed by atoms with Crippen molar-refractivity contribution in [2.24, 2.45) is 5.41 Å². The minimum absolute atomic E-state index is 0.0820. The summed E-state index contributed by atoms with van der Waals surface area (Å²) in [4.78, 5) is 16.5. The molecule has 0 bridgehead atoms. The van der Waals surface area contributed by atoms with Crippen LogP contribution in [0.25, 0.3) is 0 Å². The van der Waals surface area contributed by atoms with Crippen LogP contribution in [0.5, 0.6) is 0 Å². The Balaban J connectivity index is 2.08. The van der Waals surface area contributed by atoms with Gasteiger partial charge in [-0.05, 0) is 30.9 Å². The van der Waals surface area contributed by atoms with Crippen LogP contribution in [0.15, 0.2) is 12.1 Å². The van der Waals surface area contributed by atoms with E-state index in [1.54, 1.807) is 11.3 Å². The van der Waals surface area contributed by atoms with Crippen molar-refractivity contribution in [3.8, 4) is 0 Å². The molecule has 0 aliphatic carbocycles. The zero-order valence-corrected chi connectivity index (χ0v) is 12.4. The predicted octanol–water partition coefficient (Wildman–Crippen LogP) is 2.92. The van der Waals surface area contributed by atoms with Crippen LogP contribution in [-0.4, -0.2) is 23.9 Å². The van der Waals surface area contributed by atoms with Crippen molar-refractivity contribution in [2.45, 2.75) is 40.3 Å². The molecule has 1 amide bonds. The maximum atomic E-state index is 11.9. The van der Waals surface area contributed by atoms with E-state index in [-0.39, 0.29) is 17.5 Å². The molecule has 1 aromatic heterocycles. The van der Waals surface area contributed by atoms with E-state index in [4.69, 9.17) is 0 Å². The third-order valence-electron chi connectivity index (χ3n) is 3.21. The van der Waals surface area contributed by atoms with Crippen molar-refractivity contribution in [1.82, 2.24) is 10.2 Å². The second kappa shape index (κ2) is 5.02. The Kier molecular flexibility index (Phi) is 3.78. The third kappa shape index (κ3) is 3.12. The van der Waals surface area contributed by atoms with Crippen LogP contribution in [-0.2, 0) is 4.79 Å². The van der Waals surface area contributed by atoms with Crippen LogP contribution < -0.4 is 5.32 Å². The summed E-state index contributed by atoms with van der Waals surface area (Å²) in [7, 11) is 0. The normalized spacial score (nSPS) is 20.8. The zero-order chi connectivity index (χ0) is 13.3. The van der Waals surface area contributed by atoms with Gasteiger partial charge >= 0.3 is 0 Å². The van der Waals surface area contributed by atoms with E-state index in [1.807, 2.05) is 4.90 Å². The number of nitrogens with one attached hydrogen (secondary N) is 1. The smallest absolute Gasteiger partial charge is 0.238 e. The average Bonchev–Trinajstić information content (AvgIpc) is 2.81. The number of hydrogen-bond acceptors (Lipinski definition) is 3. The Hall–Kier alpha value is -0.870. The molecule has 2 heterocycles. The molecular formula is C14H22N2OS. The Morgan fingerprint density at radius 1 is 1.44 bits per heavy atom. The second-order valence-electron chi connectivity index (χ2n) is 6.13. The lowest BCUT2D eigenvalue weighted by Crippen LogP contribution is -2.32. The fraction of sp³-hybridized carbons (Fsp3) is 0.643. The lowest BCUT2D eigenvalue weighted by molar-refractivity contribution is -0.128. The van der Waals surface area contributed by atoms with Gasteiger partial charge in [-0.3, -0.25) is 10.1 Å². The molecule has 1 saturated heterocycles. The summed E-state index contributed by atoms with van der Waals surface area (Å²) in [6.45, 7) is 10.0. The van der Waals surface area contributed by atoms with Gasteiger partial charge in [0.2, 0.25) is 5.91 Å². The van der Waals surface area contributed by atoms with E-state index >= 15 is 0 Å². The number of thiophene rings is 1. The summed E-state index contributed by atoms with van der Waals surface area (Å²) in [5, 5.41) is 3.31. The summed E-state index contributed by atoms with van der Waals surface area (Å²) >= 11 is 1.77. The molecular weight excluding hydrogens is 244 g/mol. The standard InChI is InChI=1S/C14H22N2OS/c1-10-5-6-11(18-10)13-15-9-12(17)16(13)8-7-14(2,3)4/h5-6,13,15H,7-9H2,1-4H3. The summed E-state index contributed by atoms with van der Waals surface area (Å²) in [5.41, 5.74) is 0.263. The highest BCUT2D eigenvalue weighted by Crippen LogP contribution is 2.30. The molecule has 2 rings (SSSR count). The average molecular weight is 266 g/mol. The van der Waals surface area contributed by atoms with E-state index < -0.39 is 0 Å². The Labute approximate surface area is 113 Å². The van der Waals surface area contributed by atoms with E-state index in [1.165, 1.54) is 9.75 Å². The lowest BCUT2D eigenvalue weighted by Gasteiger charge is -2.27. The Morgan fingerprint density at radius 2 is 2.17 bits per heavy atom. The van der Waals surface area contributed by atoms with Gasteiger partial charge in [0.05, 0.1) is 6.54 Å². The van der Waals surface area contributed by atoms with Gasteiger partial charge in [0.15, 0.2) is 0 Å². The molecule has 1 unspecified atom stereocenters. The van der Waals surface area contributed by atoms with Crippen LogP contribution in [0.2, 0.25) is 0 Å². The molecule has 4 heteroatoms. The quantitative estimate of drug-likeness (QED) is 0.912. The number of rotatable bonds is 3. The topological polar surface area (TPSA) is 32.3 Å². The molecule has 1 aliphatic heterocycles. The highest BCUT2D eigenvalue weighted by Gasteiger charge is 2.32. The molecule has 0 aromatic carbocycles. The van der Waals surface area contributed by atoms with Crippen molar-refractivity contribution in [1.29, 1.82) is 0 Å². The molecule has 0 radical (unpaired) electrons. The third-order valence-corrected chi connectivity index (χ3v) is 4.27. The van der Waals surface area contributed by atoms with Gasteiger partial charge in [0.1, 0.15) is 6.17 Å². The second-order valence-corrected chi connectivity index (χ2v) is 7.45. The predicted molar refractivity (Wildman–Crippen MR) is 75.6 cm³/mol. The number of nitrogens with zero attached hydrogens (tertiary/aromatic N) is 1. The van der Waals surface area contributed by atoms with E-state index in [9.17, 15) is 4.79 Å². The van der Waals surface area contributed by atoms with Gasteiger partial charge in [0.25, 0.3) is 0 Å². The van der Waals surface area contributed by atoms with Crippen molar-refractivity contribution < 1.29 is 4.79 Å². The number of amides is 1. The fourth-order valence-electron chi connectivity index (χ4n) is 2.10. The number of aryl methyl sites for hydroxylation is 1. The van der Waals surface area contributed by atoms with Gasteiger partial charge < -0.3 is 4.90 Å². The summed E-state index contributed by atoms with van der Waals surface area (Å²) in [6, 6.07) is 4.24. The zero-order valence-electron chi connectivity index (χ0n) is 11.6. The molecule has 0 saturated carbocycles. The van der Waals surface area contributed by atoms with Crippen LogP contribution in [0.1, 0.15) is 43.1 Å². The largest absolute Gasteiger partial charge is 0.321 e. The number of hydrogen-bond donors (Lipinski definition) is 1. The first-order valence-corrected chi connectivity index (χ1v) is 7.28. The lowest BCUT2D eigenvalue weighted by atomic mass is 9.92. The SMILES string of the molecule is Cc1ccc(C2NCC(=O)N2CCC(C)(C)C)s1. The highest BCUT2D eigenvalue weighted by atomic mass is 32.1. The first-order chi connectivity index (χ1) is 8.37. The van der Waals surface area contributed by atoms with Gasteiger partial charge in [-0.25, -0.2) is 0 Å². The van der Waals surface area contributed by atoms with E-state index in [0.717, 1.165) is 13.0 Å². The van der Waals surface area contributed by atoms with E-state index in [0.29, 0.717) is 6.54 Å². The van der Waals surface area contributed by atoms with Gasteiger partial charge in [-0.2, -0.15) is 0 Å². The van der Waals surface area contributed by atoms with Crippen molar-refractivity contribution in [3.63, 3.8) is 0 Å².